The van der Waals surface area contributed by atoms with Crippen molar-refractivity contribution in [1.29, 1.82) is 0 Å². The molecule has 0 atom stereocenters. The Morgan fingerprint density at radius 1 is 0.912 bits per heavy atom. The number of sulfonamides is 1. The second kappa shape index (κ2) is 12.3. The molecular weight excluding hydrogens is 450 g/mol. The van der Waals surface area contributed by atoms with E-state index in [1.807, 2.05) is 6.07 Å². The molecule has 0 aliphatic heterocycles. The molecule has 0 aliphatic rings. The normalized spacial score (nSPS) is 11.4. The summed E-state index contributed by atoms with van der Waals surface area (Å²) in [5.41, 5.74) is 2.41. The van der Waals surface area contributed by atoms with Crippen LogP contribution in [0.1, 0.15) is 30.6 Å². The fourth-order valence-electron chi connectivity index (χ4n) is 3.42. The van der Waals surface area contributed by atoms with Crippen LogP contribution in [-0.4, -0.2) is 50.4 Å². The summed E-state index contributed by atoms with van der Waals surface area (Å²) < 4.78 is 28.1. The third-order valence-corrected chi connectivity index (χ3v) is 6.79. The molecule has 2 aromatic carbocycles. The number of benzene rings is 2. The summed E-state index contributed by atoms with van der Waals surface area (Å²) in [5.74, 6) is -0.250. The zero-order valence-electron chi connectivity index (χ0n) is 19.5. The molecule has 3 N–H and O–H groups in total. The van der Waals surface area contributed by atoms with Crippen LogP contribution in [0.15, 0.2) is 78.0 Å². The smallest absolute Gasteiger partial charge is 0.255 e. The van der Waals surface area contributed by atoms with Gasteiger partial charge in [0, 0.05) is 41.6 Å². The Morgan fingerprint density at radius 3 is 2.29 bits per heavy atom. The molecule has 1 aromatic heterocycles. The van der Waals surface area contributed by atoms with Gasteiger partial charge in [-0.2, -0.15) is 0 Å². The zero-order chi connectivity index (χ0) is 24.4. The quantitative estimate of drug-likeness (QED) is 0.337. The van der Waals surface area contributed by atoms with Crippen LogP contribution < -0.4 is 15.4 Å². The molecule has 0 radical (unpaired) electrons. The highest BCUT2D eigenvalue weighted by Crippen LogP contribution is 2.21. The van der Waals surface area contributed by atoms with Crippen molar-refractivity contribution in [2.24, 2.45) is 0 Å². The maximum absolute atomic E-state index is 12.7. The summed E-state index contributed by atoms with van der Waals surface area (Å²) >= 11 is 0. The third-order valence-electron chi connectivity index (χ3n) is 5.33. The van der Waals surface area contributed by atoms with E-state index in [9.17, 15) is 13.2 Å². The molecule has 0 spiro atoms. The first-order chi connectivity index (χ1) is 16.4. The molecule has 1 heterocycles. The molecular formula is C25H31N5O3S. The van der Waals surface area contributed by atoms with Crippen LogP contribution >= 0.6 is 0 Å². The molecule has 0 aliphatic carbocycles. The highest BCUT2D eigenvalue weighted by Gasteiger charge is 2.14. The second-order valence-corrected chi connectivity index (χ2v) is 9.47. The molecule has 0 fully saturated rings. The average Bonchev–Trinajstić information content (AvgIpc) is 2.85. The van der Waals surface area contributed by atoms with Crippen LogP contribution in [0.3, 0.4) is 0 Å². The Bertz CT molecular complexity index is 1180. The van der Waals surface area contributed by atoms with Crippen molar-refractivity contribution in [1.82, 2.24) is 14.6 Å². The number of aromatic nitrogens is 1. The lowest BCUT2D eigenvalue weighted by Crippen LogP contribution is -2.30. The van der Waals surface area contributed by atoms with E-state index in [4.69, 9.17) is 0 Å². The Hall–Kier alpha value is -3.27. The lowest BCUT2D eigenvalue weighted by atomic mass is 10.1. The summed E-state index contributed by atoms with van der Waals surface area (Å²) in [6, 6.07) is 17.0. The van der Waals surface area contributed by atoms with Gasteiger partial charge in [0.25, 0.3) is 5.91 Å². The predicted molar refractivity (Wildman–Crippen MR) is 136 cm³/mol. The van der Waals surface area contributed by atoms with E-state index in [1.165, 1.54) is 0 Å². The zero-order valence-corrected chi connectivity index (χ0v) is 20.3. The van der Waals surface area contributed by atoms with E-state index in [2.05, 4.69) is 39.1 Å². The molecule has 0 saturated carbocycles. The molecule has 34 heavy (non-hydrogen) atoms. The Kier molecular flexibility index (Phi) is 9.15. The second-order valence-electron chi connectivity index (χ2n) is 7.70. The van der Waals surface area contributed by atoms with E-state index >= 15 is 0 Å². The van der Waals surface area contributed by atoms with Gasteiger partial charge in [-0.1, -0.05) is 26.0 Å². The van der Waals surface area contributed by atoms with E-state index in [1.54, 1.807) is 67.0 Å². The number of nitrogens with one attached hydrogen (secondary N) is 3. The van der Waals surface area contributed by atoms with Crippen molar-refractivity contribution < 1.29 is 13.2 Å². The molecule has 1 amide bonds. The van der Waals surface area contributed by atoms with E-state index in [0.717, 1.165) is 26.1 Å². The van der Waals surface area contributed by atoms with Crippen molar-refractivity contribution in [3.05, 3.63) is 78.6 Å². The molecule has 3 aromatic rings. The molecule has 0 bridgehead atoms. The first-order valence-corrected chi connectivity index (χ1v) is 12.8. The van der Waals surface area contributed by atoms with Gasteiger partial charge in [-0.3, -0.25) is 9.78 Å². The minimum absolute atomic E-state index is 0.187. The number of nitrogens with zero attached hydrogens (tertiary/aromatic N) is 2. The average molecular weight is 482 g/mol. The van der Waals surface area contributed by atoms with Gasteiger partial charge in [-0.05, 0) is 74.6 Å². The van der Waals surface area contributed by atoms with Gasteiger partial charge in [0.15, 0.2) is 0 Å². The first-order valence-electron chi connectivity index (χ1n) is 11.3. The van der Waals surface area contributed by atoms with Gasteiger partial charge >= 0.3 is 0 Å². The predicted octanol–water partition coefficient (Wildman–Crippen LogP) is 4.09. The van der Waals surface area contributed by atoms with Crippen LogP contribution in [-0.2, 0) is 10.0 Å². The lowest BCUT2D eigenvalue weighted by molar-refractivity contribution is 0.102. The van der Waals surface area contributed by atoms with Crippen LogP contribution in [0.2, 0.25) is 0 Å². The van der Waals surface area contributed by atoms with E-state index in [0.29, 0.717) is 29.2 Å². The van der Waals surface area contributed by atoms with Gasteiger partial charge in [-0.15, -0.1) is 0 Å². The minimum Gasteiger partial charge on any atom is -0.355 e. The van der Waals surface area contributed by atoms with Crippen molar-refractivity contribution in [3.8, 4) is 0 Å². The van der Waals surface area contributed by atoms with Gasteiger partial charge in [0.1, 0.15) is 0 Å². The Balaban J connectivity index is 1.63. The monoisotopic (exact) mass is 481 g/mol. The topological polar surface area (TPSA) is 103 Å². The van der Waals surface area contributed by atoms with Gasteiger partial charge in [0.05, 0.1) is 4.90 Å². The van der Waals surface area contributed by atoms with Crippen LogP contribution in [0.25, 0.3) is 0 Å². The summed E-state index contributed by atoms with van der Waals surface area (Å²) in [5, 5.41) is 6.00. The fraction of sp³-hybridized carbons (Fsp3) is 0.280. The molecule has 9 heteroatoms. The largest absolute Gasteiger partial charge is 0.355 e. The van der Waals surface area contributed by atoms with E-state index in [-0.39, 0.29) is 10.8 Å². The number of pyridine rings is 1. The number of carbonyl (C=O) groups is 1. The molecule has 8 nitrogen and oxygen atoms in total. The fourth-order valence-corrected chi connectivity index (χ4v) is 4.54. The minimum atomic E-state index is -3.62. The summed E-state index contributed by atoms with van der Waals surface area (Å²) in [6.07, 6.45) is 3.95. The number of hydrogen-bond donors (Lipinski definition) is 3. The number of carbonyl (C=O) groups excluding carboxylic acids is 1. The Labute approximate surface area is 201 Å². The first kappa shape index (κ1) is 25.4. The molecule has 0 unspecified atom stereocenters. The highest BCUT2D eigenvalue weighted by atomic mass is 32.2. The van der Waals surface area contributed by atoms with Gasteiger partial charge in [-0.25, -0.2) is 13.1 Å². The maximum Gasteiger partial charge on any atom is 0.255 e. The van der Waals surface area contributed by atoms with Crippen LogP contribution in [0.4, 0.5) is 17.1 Å². The Morgan fingerprint density at radius 2 is 1.59 bits per heavy atom. The highest BCUT2D eigenvalue weighted by molar-refractivity contribution is 7.89. The van der Waals surface area contributed by atoms with Gasteiger partial charge in [0.2, 0.25) is 10.0 Å². The summed E-state index contributed by atoms with van der Waals surface area (Å²) in [4.78, 5) is 18.9. The van der Waals surface area contributed by atoms with Gasteiger partial charge < -0.3 is 15.5 Å². The van der Waals surface area contributed by atoms with E-state index < -0.39 is 10.0 Å². The molecule has 0 saturated heterocycles. The van der Waals surface area contributed by atoms with Crippen LogP contribution in [0.5, 0.6) is 0 Å². The maximum atomic E-state index is 12.7. The van der Waals surface area contributed by atoms with Crippen molar-refractivity contribution >= 4 is 33.0 Å². The summed E-state index contributed by atoms with van der Waals surface area (Å²) in [6.45, 7) is 7.31. The third kappa shape index (κ3) is 7.38. The number of anilines is 3. The number of amides is 1. The van der Waals surface area contributed by atoms with Crippen molar-refractivity contribution in [2.45, 2.75) is 25.2 Å². The SMILES string of the molecule is CCN(CC)CCCNS(=O)(=O)c1cccc(Nc2cccc(C(=O)Nc3ccncc3)c2)c1. The van der Waals surface area contributed by atoms with Crippen LogP contribution in [0, 0.1) is 0 Å². The number of rotatable bonds is 12. The summed E-state index contributed by atoms with van der Waals surface area (Å²) in [7, 11) is -3.62. The molecule has 3 rings (SSSR count). The lowest BCUT2D eigenvalue weighted by Gasteiger charge is -2.17. The van der Waals surface area contributed by atoms with Crippen molar-refractivity contribution in [3.63, 3.8) is 0 Å². The number of hydrogen-bond acceptors (Lipinski definition) is 6. The standard InChI is InChI=1S/C25H31N5O3S/c1-3-30(4-2)17-7-14-27-34(32,33)24-11-6-10-23(19-24)28-22-9-5-8-20(18-22)25(31)29-21-12-15-26-16-13-21/h5-6,8-13,15-16,18-19,27-28H,3-4,7,14,17H2,1-2H3,(H,26,29,31). The molecule has 180 valence electrons. The van der Waals surface area contributed by atoms with Crippen molar-refractivity contribution in [2.75, 3.05) is 36.8 Å².